The summed E-state index contributed by atoms with van der Waals surface area (Å²) in [6, 6.07) is 1.56. The fourth-order valence-electron chi connectivity index (χ4n) is 1.55. The van der Waals surface area contributed by atoms with Crippen molar-refractivity contribution in [2.45, 2.75) is 45.8 Å². The first kappa shape index (κ1) is 17.3. The Morgan fingerprint density at radius 1 is 1.57 bits per heavy atom. The van der Waals surface area contributed by atoms with Gasteiger partial charge in [0.15, 0.2) is 0 Å². The van der Waals surface area contributed by atoms with Gasteiger partial charge in [0.1, 0.15) is 11.4 Å². The molecule has 0 spiro atoms. The minimum atomic E-state index is -0.497. The lowest BCUT2D eigenvalue weighted by Gasteiger charge is -2.21. The maximum atomic E-state index is 11.6. The SMILES string of the molecule is C[C@@H](C/C=C/c1cnc(N)cc1Cl)NC(=O)OC(C)(C)C. The Morgan fingerprint density at radius 2 is 2.24 bits per heavy atom. The van der Waals surface area contributed by atoms with E-state index in [2.05, 4.69) is 10.3 Å². The number of hydrogen-bond donors (Lipinski definition) is 2. The standard InChI is InChI=1S/C15H22ClN3O2/c1-10(19-14(20)21-15(2,3)4)6-5-7-11-9-18-13(17)8-12(11)16/h5,7-10H,6H2,1-4H3,(H2,17,18)(H,19,20)/b7-5+/t10-/m0/s1. The van der Waals surface area contributed by atoms with Crippen LogP contribution in [0.25, 0.3) is 6.08 Å². The van der Waals surface area contributed by atoms with E-state index in [0.717, 1.165) is 5.56 Å². The highest BCUT2D eigenvalue weighted by molar-refractivity contribution is 6.32. The van der Waals surface area contributed by atoms with Crippen molar-refractivity contribution in [3.8, 4) is 0 Å². The Labute approximate surface area is 130 Å². The molecule has 0 fully saturated rings. The van der Waals surface area contributed by atoms with E-state index in [1.165, 1.54) is 0 Å². The summed E-state index contributed by atoms with van der Waals surface area (Å²) in [6.07, 6.45) is 5.61. The maximum Gasteiger partial charge on any atom is 0.407 e. The summed E-state index contributed by atoms with van der Waals surface area (Å²) in [6.45, 7) is 7.38. The summed E-state index contributed by atoms with van der Waals surface area (Å²) < 4.78 is 5.19. The number of hydrogen-bond acceptors (Lipinski definition) is 4. The van der Waals surface area contributed by atoms with E-state index in [-0.39, 0.29) is 6.04 Å². The molecule has 116 valence electrons. The number of amides is 1. The third-order valence-electron chi connectivity index (χ3n) is 2.45. The molecule has 0 bridgehead atoms. The number of anilines is 1. The second kappa shape index (κ2) is 7.31. The Kier molecular flexibility index (Phi) is 6.03. The van der Waals surface area contributed by atoms with Crippen LogP contribution in [-0.2, 0) is 4.74 Å². The number of carbonyl (C=O) groups excluding carboxylic acids is 1. The van der Waals surface area contributed by atoms with E-state index in [1.807, 2.05) is 39.8 Å². The summed E-state index contributed by atoms with van der Waals surface area (Å²) in [5.74, 6) is 0.386. The Balaban J connectivity index is 2.47. The van der Waals surface area contributed by atoms with Gasteiger partial charge in [-0.2, -0.15) is 0 Å². The number of alkyl carbamates (subject to hydrolysis) is 1. The molecule has 1 atom stereocenters. The van der Waals surface area contributed by atoms with Crippen molar-refractivity contribution in [1.82, 2.24) is 10.3 Å². The lowest BCUT2D eigenvalue weighted by atomic mass is 10.2. The van der Waals surface area contributed by atoms with E-state index >= 15 is 0 Å². The van der Waals surface area contributed by atoms with Gasteiger partial charge < -0.3 is 15.8 Å². The van der Waals surface area contributed by atoms with Crippen LogP contribution in [0, 0.1) is 0 Å². The summed E-state index contributed by atoms with van der Waals surface area (Å²) in [5.41, 5.74) is 5.82. The molecule has 6 heteroatoms. The summed E-state index contributed by atoms with van der Waals surface area (Å²) in [5, 5.41) is 3.31. The van der Waals surface area contributed by atoms with Crippen LogP contribution in [-0.4, -0.2) is 22.7 Å². The highest BCUT2D eigenvalue weighted by Crippen LogP contribution is 2.18. The van der Waals surface area contributed by atoms with Gasteiger partial charge in [-0.3, -0.25) is 0 Å². The highest BCUT2D eigenvalue weighted by Gasteiger charge is 2.17. The molecule has 0 aliphatic rings. The van der Waals surface area contributed by atoms with Crippen LogP contribution in [0.2, 0.25) is 5.02 Å². The molecule has 0 aliphatic heterocycles. The predicted molar refractivity (Wildman–Crippen MR) is 86.1 cm³/mol. The fourth-order valence-corrected chi connectivity index (χ4v) is 1.77. The summed E-state index contributed by atoms with van der Waals surface area (Å²) in [7, 11) is 0. The van der Waals surface area contributed by atoms with E-state index in [0.29, 0.717) is 17.3 Å². The summed E-state index contributed by atoms with van der Waals surface area (Å²) in [4.78, 5) is 15.6. The first-order valence-corrected chi connectivity index (χ1v) is 7.12. The van der Waals surface area contributed by atoms with Crippen LogP contribution in [0.1, 0.15) is 39.7 Å². The monoisotopic (exact) mass is 311 g/mol. The lowest BCUT2D eigenvalue weighted by molar-refractivity contribution is 0.0509. The molecule has 0 aromatic carbocycles. The van der Waals surface area contributed by atoms with E-state index in [4.69, 9.17) is 22.1 Å². The second-order valence-corrected chi connectivity index (χ2v) is 6.22. The van der Waals surface area contributed by atoms with Gasteiger partial charge in [-0.15, -0.1) is 0 Å². The number of nitrogens with two attached hydrogens (primary N) is 1. The third kappa shape index (κ3) is 6.99. The molecule has 0 unspecified atom stereocenters. The van der Waals surface area contributed by atoms with Gasteiger partial charge in [0.2, 0.25) is 0 Å². The van der Waals surface area contributed by atoms with Crippen molar-refractivity contribution in [2.24, 2.45) is 0 Å². The molecule has 3 N–H and O–H groups in total. The molecule has 1 rings (SSSR count). The zero-order valence-electron chi connectivity index (χ0n) is 12.8. The van der Waals surface area contributed by atoms with Gasteiger partial charge in [0, 0.05) is 17.8 Å². The van der Waals surface area contributed by atoms with Crippen LogP contribution in [0.4, 0.5) is 10.6 Å². The molecular weight excluding hydrogens is 290 g/mol. The average Bonchev–Trinajstić information content (AvgIpc) is 2.29. The smallest absolute Gasteiger partial charge is 0.407 e. The molecule has 1 heterocycles. The number of nitrogens with zero attached hydrogens (tertiary/aromatic N) is 1. The number of pyridine rings is 1. The quantitative estimate of drug-likeness (QED) is 0.890. The Hall–Kier alpha value is -1.75. The van der Waals surface area contributed by atoms with Crippen LogP contribution >= 0.6 is 11.6 Å². The Morgan fingerprint density at radius 3 is 2.81 bits per heavy atom. The molecule has 1 amide bonds. The van der Waals surface area contributed by atoms with E-state index < -0.39 is 11.7 Å². The van der Waals surface area contributed by atoms with Gasteiger partial charge in [0.25, 0.3) is 0 Å². The maximum absolute atomic E-state index is 11.6. The minimum Gasteiger partial charge on any atom is -0.444 e. The van der Waals surface area contributed by atoms with Crippen molar-refractivity contribution in [3.05, 3.63) is 28.9 Å². The molecule has 21 heavy (non-hydrogen) atoms. The topological polar surface area (TPSA) is 77.2 Å². The van der Waals surface area contributed by atoms with Crippen molar-refractivity contribution in [2.75, 3.05) is 5.73 Å². The predicted octanol–water partition coefficient (Wildman–Crippen LogP) is 3.63. The largest absolute Gasteiger partial charge is 0.444 e. The molecule has 0 saturated heterocycles. The van der Waals surface area contributed by atoms with Crippen LogP contribution in [0.15, 0.2) is 18.3 Å². The van der Waals surface area contributed by atoms with Gasteiger partial charge in [-0.25, -0.2) is 9.78 Å². The van der Waals surface area contributed by atoms with Crippen LogP contribution in [0.5, 0.6) is 0 Å². The second-order valence-electron chi connectivity index (χ2n) is 5.82. The zero-order valence-corrected chi connectivity index (χ0v) is 13.6. The molecule has 0 radical (unpaired) electrons. The Bertz CT molecular complexity index is 524. The number of aromatic nitrogens is 1. The molecule has 1 aromatic rings. The van der Waals surface area contributed by atoms with Crippen LogP contribution in [0.3, 0.4) is 0 Å². The minimum absolute atomic E-state index is 0.0448. The van der Waals surface area contributed by atoms with Gasteiger partial charge >= 0.3 is 6.09 Å². The zero-order chi connectivity index (χ0) is 16.0. The molecular formula is C15H22ClN3O2. The highest BCUT2D eigenvalue weighted by atomic mass is 35.5. The molecule has 5 nitrogen and oxygen atoms in total. The first-order chi connectivity index (χ1) is 9.67. The van der Waals surface area contributed by atoms with E-state index in [1.54, 1.807) is 12.3 Å². The van der Waals surface area contributed by atoms with Crippen molar-refractivity contribution < 1.29 is 9.53 Å². The number of halogens is 1. The van der Waals surface area contributed by atoms with Crippen molar-refractivity contribution in [3.63, 3.8) is 0 Å². The van der Waals surface area contributed by atoms with Gasteiger partial charge in [0.05, 0.1) is 5.02 Å². The normalized spacial score (nSPS) is 13.2. The number of nitrogens with one attached hydrogen (secondary N) is 1. The third-order valence-corrected chi connectivity index (χ3v) is 2.78. The number of ether oxygens (including phenoxy) is 1. The summed E-state index contributed by atoms with van der Waals surface area (Å²) >= 11 is 6.04. The van der Waals surface area contributed by atoms with Gasteiger partial charge in [-0.05, 0) is 40.2 Å². The first-order valence-electron chi connectivity index (χ1n) is 6.74. The number of rotatable bonds is 4. The molecule has 0 aliphatic carbocycles. The van der Waals surface area contributed by atoms with Gasteiger partial charge in [-0.1, -0.05) is 23.8 Å². The molecule has 0 saturated carbocycles. The average molecular weight is 312 g/mol. The van der Waals surface area contributed by atoms with Crippen LogP contribution < -0.4 is 11.1 Å². The fraction of sp³-hybridized carbons (Fsp3) is 0.467. The number of nitrogen functional groups attached to an aromatic ring is 1. The van der Waals surface area contributed by atoms with E-state index in [9.17, 15) is 4.79 Å². The van der Waals surface area contributed by atoms with Crippen molar-refractivity contribution in [1.29, 1.82) is 0 Å². The lowest BCUT2D eigenvalue weighted by Crippen LogP contribution is -2.37. The van der Waals surface area contributed by atoms with Crippen molar-refractivity contribution >= 4 is 29.6 Å². The molecule has 1 aromatic heterocycles. The number of carbonyl (C=O) groups is 1.